The lowest BCUT2D eigenvalue weighted by Gasteiger charge is -2.34. The molecule has 0 spiro atoms. The minimum Gasteiger partial charge on any atom is -0.335 e. The smallest absolute Gasteiger partial charge is 0.207 e. The molecule has 0 radical (unpaired) electrons. The van der Waals surface area contributed by atoms with Gasteiger partial charge in [-0.15, -0.1) is 0 Å². The van der Waals surface area contributed by atoms with Crippen molar-refractivity contribution in [3.8, 4) is 0 Å². The van der Waals surface area contributed by atoms with Crippen LogP contribution >= 0.6 is 0 Å². The molecule has 1 aliphatic rings. The highest BCUT2D eigenvalue weighted by Crippen LogP contribution is 2.43. The van der Waals surface area contributed by atoms with Gasteiger partial charge in [-0.05, 0) is 17.7 Å². The first-order valence-electron chi connectivity index (χ1n) is 8.73. The van der Waals surface area contributed by atoms with E-state index < -0.39 is 20.8 Å². The Morgan fingerprint density at radius 2 is 1.78 bits per heavy atom. The number of nitrogens with zero attached hydrogens (tertiary/aromatic N) is 3. The van der Waals surface area contributed by atoms with Crippen LogP contribution in [0.2, 0.25) is 0 Å². The summed E-state index contributed by atoms with van der Waals surface area (Å²) in [6, 6.07) is 18.3. The molecule has 2 atom stereocenters. The van der Waals surface area contributed by atoms with Crippen LogP contribution in [0.5, 0.6) is 0 Å². The van der Waals surface area contributed by atoms with Crippen molar-refractivity contribution < 1.29 is 13.3 Å². The molecule has 0 saturated carbocycles. The molecule has 2 heterocycles. The summed E-state index contributed by atoms with van der Waals surface area (Å²) in [5.41, 5.74) is -0.560. The fourth-order valence-electron chi connectivity index (χ4n) is 3.63. The molecule has 1 fully saturated rings. The molecule has 0 N–H and O–H groups in total. The van der Waals surface area contributed by atoms with E-state index in [1.807, 2.05) is 41.1 Å². The fourth-order valence-corrected chi connectivity index (χ4v) is 5.21. The van der Waals surface area contributed by atoms with Gasteiger partial charge in [-0.1, -0.05) is 48.5 Å². The van der Waals surface area contributed by atoms with Gasteiger partial charge in [0.05, 0.1) is 16.8 Å². The first kappa shape index (κ1) is 17.9. The summed E-state index contributed by atoms with van der Waals surface area (Å²) in [4.78, 5) is 10.3. The third-order valence-electron chi connectivity index (χ3n) is 5.12. The first-order valence-corrected chi connectivity index (χ1v) is 10.3. The van der Waals surface area contributed by atoms with E-state index >= 15 is 0 Å². The van der Waals surface area contributed by atoms with Gasteiger partial charge in [0.15, 0.2) is 5.44 Å². The lowest BCUT2D eigenvalue weighted by molar-refractivity contribution is -0.158. The number of sulfone groups is 1. The molecule has 3 aromatic rings. The number of likely N-dealkylation sites (N-methyl/N-ethyl adjacent to an activating group) is 1. The summed E-state index contributed by atoms with van der Waals surface area (Å²) in [5, 5.41) is 1.69. The SMILES string of the molecule is CN1O[C@H](S(=O)(=O)c2ccccc2)C[C@@]1(Cn1ccnc1)c1ccccc1. The predicted octanol–water partition coefficient (Wildman–Crippen LogP) is 2.85. The topological polar surface area (TPSA) is 64.4 Å². The van der Waals surface area contributed by atoms with E-state index in [4.69, 9.17) is 4.84 Å². The Kier molecular flexibility index (Phi) is 4.59. The maximum absolute atomic E-state index is 13.1. The molecule has 1 aliphatic heterocycles. The molecule has 0 aliphatic carbocycles. The van der Waals surface area contributed by atoms with E-state index in [1.165, 1.54) is 0 Å². The average Bonchev–Trinajstić information content (AvgIpc) is 3.32. The van der Waals surface area contributed by atoms with E-state index in [0.29, 0.717) is 13.0 Å². The molecule has 6 nitrogen and oxygen atoms in total. The van der Waals surface area contributed by atoms with Crippen LogP contribution in [0.15, 0.2) is 84.3 Å². The van der Waals surface area contributed by atoms with Crippen molar-refractivity contribution in [1.29, 1.82) is 0 Å². The molecule has 1 aromatic heterocycles. The number of benzene rings is 2. The van der Waals surface area contributed by atoms with Gasteiger partial charge in [-0.2, -0.15) is 5.06 Å². The fraction of sp³-hybridized carbons (Fsp3) is 0.250. The summed E-state index contributed by atoms with van der Waals surface area (Å²) in [7, 11) is -1.82. The van der Waals surface area contributed by atoms with E-state index in [-0.39, 0.29) is 4.90 Å². The number of imidazole rings is 1. The van der Waals surface area contributed by atoms with E-state index in [0.717, 1.165) is 5.56 Å². The molecule has 0 unspecified atom stereocenters. The van der Waals surface area contributed by atoms with Crippen molar-refractivity contribution in [3.63, 3.8) is 0 Å². The number of hydrogen-bond donors (Lipinski definition) is 0. The highest BCUT2D eigenvalue weighted by molar-refractivity contribution is 7.92. The molecule has 4 rings (SSSR count). The third-order valence-corrected chi connectivity index (χ3v) is 6.99. The maximum atomic E-state index is 13.1. The Hall–Kier alpha value is -2.48. The van der Waals surface area contributed by atoms with Gasteiger partial charge in [0, 0.05) is 32.4 Å². The van der Waals surface area contributed by atoms with Crippen LogP contribution < -0.4 is 0 Å². The lowest BCUT2D eigenvalue weighted by atomic mass is 9.87. The molecular weight excluding hydrogens is 362 g/mol. The quantitative estimate of drug-likeness (QED) is 0.678. The Labute approximate surface area is 158 Å². The molecule has 1 saturated heterocycles. The van der Waals surface area contributed by atoms with Crippen LogP contribution in [0, 0.1) is 0 Å². The van der Waals surface area contributed by atoms with E-state index in [9.17, 15) is 8.42 Å². The lowest BCUT2D eigenvalue weighted by Crippen LogP contribution is -2.41. The van der Waals surface area contributed by atoms with E-state index in [2.05, 4.69) is 4.98 Å². The molecule has 0 bridgehead atoms. The summed E-state index contributed by atoms with van der Waals surface area (Å²) in [5.74, 6) is 0. The van der Waals surface area contributed by atoms with Crippen LogP contribution in [-0.4, -0.2) is 35.5 Å². The van der Waals surface area contributed by atoms with Crippen LogP contribution in [0.3, 0.4) is 0 Å². The Balaban J connectivity index is 1.75. The number of hydrogen-bond acceptors (Lipinski definition) is 5. The maximum Gasteiger partial charge on any atom is 0.207 e. The zero-order chi connectivity index (χ0) is 18.9. The van der Waals surface area contributed by atoms with Crippen LogP contribution in [0.1, 0.15) is 12.0 Å². The zero-order valence-corrected chi connectivity index (χ0v) is 15.8. The molecule has 27 heavy (non-hydrogen) atoms. The second-order valence-corrected chi connectivity index (χ2v) is 8.81. The molecular formula is C20H21N3O3S. The van der Waals surface area contributed by atoms with Crippen molar-refractivity contribution in [2.45, 2.75) is 28.8 Å². The Bertz CT molecular complexity index is 991. The second-order valence-electron chi connectivity index (χ2n) is 6.73. The predicted molar refractivity (Wildman–Crippen MR) is 101 cm³/mol. The van der Waals surface area contributed by atoms with Gasteiger partial charge < -0.3 is 4.57 Å². The van der Waals surface area contributed by atoms with Gasteiger partial charge in [0.25, 0.3) is 0 Å². The summed E-state index contributed by atoms with van der Waals surface area (Å²) in [6.45, 7) is 0.536. The number of hydroxylamine groups is 2. The average molecular weight is 383 g/mol. The molecule has 140 valence electrons. The van der Waals surface area contributed by atoms with Gasteiger partial charge in [-0.25, -0.2) is 13.4 Å². The Morgan fingerprint density at radius 3 is 2.41 bits per heavy atom. The minimum atomic E-state index is -3.62. The Morgan fingerprint density at radius 1 is 1.11 bits per heavy atom. The summed E-state index contributed by atoms with van der Waals surface area (Å²) < 4.78 is 28.2. The highest BCUT2D eigenvalue weighted by atomic mass is 32.2. The third kappa shape index (κ3) is 3.18. The standard InChI is InChI=1S/C20H21N3O3S/c1-22-20(15-23-13-12-21-16-23,17-8-4-2-5-9-17)14-19(26-22)27(24,25)18-10-6-3-7-11-18/h2-13,16,19H,14-15H2,1H3/t19-,20-/m1/s1. The summed E-state index contributed by atoms with van der Waals surface area (Å²) >= 11 is 0. The first-order chi connectivity index (χ1) is 13.0. The number of aromatic nitrogens is 2. The van der Waals surface area contributed by atoms with Gasteiger partial charge >= 0.3 is 0 Å². The minimum absolute atomic E-state index is 0.273. The molecule has 0 amide bonds. The van der Waals surface area contributed by atoms with Crippen LogP contribution in [-0.2, 0) is 26.8 Å². The highest BCUT2D eigenvalue weighted by Gasteiger charge is 2.51. The molecule has 2 aromatic carbocycles. The van der Waals surface area contributed by atoms with Crippen LogP contribution in [0.25, 0.3) is 0 Å². The van der Waals surface area contributed by atoms with Gasteiger partial charge in [-0.3, -0.25) is 4.84 Å². The van der Waals surface area contributed by atoms with Crippen molar-refractivity contribution in [2.24, 2.45) is 0 Å². The number of rotatable bonds is 5. The largest absolute Gasteiger partial charge is 0.335 e. The van der Waals surface area contributed by atoms with Crippen molar-refractivity contribution >= 4 is 9.84 Å². The molecule has 7 heteroatoms. The van der Waals surface area contributed by atoms with E-state index in [1.54, 1.807) is 55.0 Å². The summed E-state index contributed by atoms with van der Waals surface area (Å²) in [6.07, 6.45) is 5.64. The van der Waals surface area contributed by atoms with Gasteiger partial charge in [0.2, 0.25) is 9.84 Å². The van der Waals surface area contributed by atoms with Crippen molar-refractivity contribution in [1.82, 2.24) is 14.6 Å². The normalized spacial score (nSPS) is 23.5. The zero-order valence-electron chi connectivity index (χ0n) is 15.0. The van der Waals surface area contributed by atoms with Crippen LogP contribution in [0.4, 0.5) is 0 Å². The second kappa shape index (κ2) is 6.92. The van der Waals surface area contributed by atoms with Gasteiger partial charge in [0.1, 0.15) is 0 Å². The van der Waals surface area contributed by atoms with Crippen molar-refractivity contribution in [3.05, 3.63) is 84.9 Å². The van der Waals surface area contributed by atoms with Crippen molar-refractivity contribution in [2.75, 3.05) is 7.05 Å². The monoisotopic (exact) mass is 383 g/mol.